The number of carboxylic acids is 1. The number of hydrogen-bond acceptors (Lipinski definition) is 4. The van der Waals surface area contributed by atoms with Crippen LogP contribution in [0, 0.1) is 5.92 Å². The number of rotatable bonds is 7. The Balaban J connectivity index is 1.60. The third-order valence-electron chi connectivity index (χ3n) is 4.78. The number of nitrogens with zero attached hydrogens (tertiary/aromatic N) is 2. The van der Waals surface area contributed by atoms with Crippen LogP contribution in [0.25, 0.3) is 0 Å². The molecule has 1 amide bonds. The summed E-state index contributed by atoms with van der Waals surface area (Å²) in [6, 6.07) is 11.0. The molecule has 2 aromatic rings. The number of carbonyl (C=O) groups is 2. The van der Waals surface area contributed by atoms with Gasteiger partial charge in [-0.3, -0.25) is 14.6 Å². The van der Waals surface area contributed by atoms with E-state index in [0.717, 1.165) is 18.4 Å². The van der Waals surface area contributed by atoms with Crippen LogP contribution in [0.1, 0.15) is 41.6 Å². The fraction of sp³-hybridized carbons (Fsp3) is 0.381. The summed E-state index contributed by atoms with van der Waals surface area (Å²) in [6.45, 7) is 1.72. The number of carboxylic acid groups (broad SMARTS) is 1. The van der Waals surface area contributed by atoms with Crippen LogP contribution in [0.5, 0.6) is 5.75 Å². The first-order chi connectivity index (χ1) is 13.1. The van der Waals surface area contributed by atoms with Crippen molar-refractivity contribution >= 4 is 11.9 Å². The predicted molar refractivity (Wildman–Crippen MR) is 101 cm³/mol. The van der Waals surface area contributed by atoms with Crippen LogP contribution < -0.4 is 4.74 Å². The number of likely N-dealkylation sites (tertiary alicyclic amines) is 1. The molecule has 3 rings (SSSR count). The minimum Gasteiger partial charge on any atom is -0.489 e. The molecule has 142 valence electrons. The van der Waals surface area contributed by atoms with E-state index in [9.17, 15) is 9.59 Å². The lowest BCUT2D eigenvalue weighted by Crippen LogP contribution is -2.40. The maximum Gasteiger partial charge on any atom is 0.303 e. The van der Waals surface area contributed by atoms with E-state index in [2.05, 4.69) is 4.98 Å². The molecule has 2 heterocycles. The van der Waals surface area contributed by atoms with Crippen LogP contribution in [-0.2, 0) is 11.4 Å². The van der Waals surface area contributed by atoms with E-state index < -0.39 is 5.97 Å². The van der Waals surface area contributed by atoms with Crippen molar-refractivity contribution in [1.82, 2.24) is 9.88 Å². The van der Waals surface area contributed by atoms with E-state index in [4.69, 9.17) is 9.84 Å². The monoisotopic (exact) mass is 368 g/mol. The first-order valence-electron chi connectivity index (χ1n) is 9.24. The molecular formula is C21H24N2O4. The molecule has 0 spiro atoms. The molecule has 6 nitrogen and oxygen atoms in total. The lowest BCUT2D eigenvalue weighted by Gasteiger charge is -2.32. The fourth-order valence-electron chi connectivity index (χ4n) is 3.36. The summed E-state index contributed by atoms with van der Waals surface area (Å²) in [7, 11) is 0. The molecule has 6 heteroatoms. The SMILES string of the molecule is O=C(O)CCC1CCCN(C(=O)c2cccc(OCc3cccnc3)c2)C1. The van der Waals surface area contributed by atoms with Crippen molar-refractivity contribution in [1.29, 1.82) is 0 Å². The Hall–Kier alpha value is -2.89. The maximum absolute atomic E-state index is 12.9. The van der Waals surface area contributed by atoms with Crippen molar-refractivity contribution in [3.63, 3.8) is 0 Å². The lowest BCUT2D eigenvalue weighted by molar-refractivity contribution is -0.137. The minimum absolute atomic E-state index is 0.0261. The largest absolute Gasteiger partial charge is 0.489 e. The second-order valence-electron chi connectivity index (χ2n) is 6.87. The van der Waals surface area contributed by atoms with Crippen LogP contribution in [0.3, 0.4) is 0 Å². The van der Waals surface area contributed by atoms with Gasteiger partial charge >= 0.3 is 5.97 Å². The van der Waals surface area contributed by atoms with Crippen LogP contribution in [-0.4, -0.2) is 40.0 Å². The van der Waals surface area contributed by atoms with Gasteiger partial charge < -0.3 is 14.7 Å². The van der Waals surface area contributed by atoms with Gasteiger partial charge in [-0.15, -0.1) is 0 Å². The number of aromatic nitrogens is 1. The zero-order chi connectivity index (χ0) is 19.1. The highest BCUT2D eigenvalue weighted by Gasteiger charge is 2.25. The molecule has 0 saturated carbocycles. The summed E-state index contributed by atoms with van der Waals surface area (Å²) in [6.07, 6.45) is 6.13. The quantitative estimate of drug-likeness (QED) is 0.810. The van der Waals surface area contributed by atoms with E-state index in [1.54, 1.807) is 24.5 Å². The van der Waals surface area contributed by atoms with E-state index in [1.807, 2.05) is 29.2 Å². The van der Waals surface area contributed by atoms with E-state index in [-0.39, 0.29) is 18.2 Å². The van der Waals surface area contributed by atoms with Gasteiger partial charge in [0.25, 0.3) is 5.91 Å². The number of pyridine rings is 1. The highest BCUT2D eigenvalue weighted by atomic mass is 16.5. The van der Waals surface area contributed by atoms with Gasteiger partial charge in [-0.25, -0.2) is 0 Å². The number of carbonyl (C=O) groups excluding carboxylic acids is 1. The van der Waals surface area contributed by atoms with Crippen LogP contribution in [0.4, 0.5) is 0 Å². The summed E-state index contributed by atoms with van der Waals surface area (Å²) in [5.74, 6) is 0.0896. The summed E-state index contributed by atoms with van der Waals surface area (Å²) in [5, 5.41) is 8.86. The number of amides is 1. The fourth-order valence-corrected chi connectivity index (χ4v) is 3.36. The molecule has 0 radical (unpaired) electrons. The molecule has 1 fully saturated rings. The highest BCUT2D eigenvalue weighted by molar-refractivity contribution is 5.94. The number of ether oxygens (including phenoxy) is 1. The van der Waals surface area contributed by atoms with Gasteiger partial charge in [-0.05, 0) is 49.4 Å². The number of hydrogen-bond donors (Lipinski definition) is 1. The molecule has 0 aliphatic carbocycles. The smallest absolute Gasteiger partial charge is 0.303 e. The van der Waals surface area contributed by atoms with Crippen molar-refractivity contribution in [3.05, 3.63) is 59.9 Å². The molecule has 1 aromatic carbocycles. The topological polar surface area (TPSA) is 79.7 Å². The zero-order valence-electron chi connectivity index (χ0n) is 15.2. The third-order valence-corrected chi connectivity index (χ3v) is 4.78. The third kappa shape index (κ3) is 5.54. The molecule has 1 atom stereocenters. The van der Waals surface area contributed by atoms with E-state index in [0.29, 0.717) is 37.4 Å². The second-order valence-corrected chi connectivity index (χ2v) is 6.87. The van der Waals surface area contributed by atoms with E-state index >= 15 is 0 Å². The Morgan fingerprint density at radius 2 is 2.15 bits per heavy atom. The lowest BCUT2D eigenvalue weighted by atomic mass is 9.93. The molecule has 1 unspecified atom stereocenters. The molecular weight excluding hydrogens is 344 g/mol. The van der Waals surface area contributed by atoms with E-state index in [1.165, 1.54) is 0 Å². The zero-order valence-corrected chi connectivity index (χ0v) is 15.2. The Morgan fingerprint density at radius 1 is 1.26 bits per heavy atom. The van der Waals surface area contributed by atoms with Crippen molar-refractivity contribution in [2.75, 3.05) is 13.1 Å². The summed E-state index contributed by atoms with van der Waals surface area (Å²) in [5.41, 5.74) is 1.56. The van der Waals surface area contributed by atoms with Crippen LogP contribution >= 0.6 is 0 Å². The predicted octanol–water partition coefficient (Wildman–Crippen LogP) is 3.38. The molecule has 1 aliphatic rings. The van der Waals surface area contributed by atoms with Gasteiger partial charge in [-0.2, -0.15) is 0 Å². The van der Waals surface area contributed by atoms with Gasteiger partial charge in [-0.1, -0.05) is 12.1 Å². The van der Waals surface area contributed by atoms with Gasteiger partial charge in [0.15, 0.2) is 0 Å². The Bertz CT molecular complexity index is 779. The molecule has 27 heavy (non-hydrogen) atoms. The summed E-state index contributed by atoms with van der Waals surface area (Å²) in [4.78, 5) is 29.5. The van der Waals surface area contributed by atoms with Gasteiger partial charge in [0, 0.05) is 43.0 Å². The maximum atomic E-state index is 12.9. The average molecular weight is 368 g/mol. The number of benzene rings is 1. The van der Waals surface area contributed by atoms with Gasteiger partial charge in [0.2, 0.25) is 0 Å². The van der Waals surface area contributed by atoms with Crippen molar-refractivity contribution in [2.45, 2.75) is 32.3 Å². The molecule has 1 saturated heterocycles. The first-order valence-corrected chi connectivity index (χ1v) is 9.24. The van der Waals surface area contributed by atoms with Crippen molar-refractivity contribution in [2.24, 2.45) is 5.92 Å². The van der Waals surface area contributed by atoms with Crippen molar-refractivity contribution in [3.8, 4) is 5.75 Å². The average Bonchev–Trinajstić information content (AvgIpc) is 2.71. The van der Waals surface area contributed by atoms with Crippen molar-refractivity contribution < 1.29 is 19.4 Å². The van der Waals surface area contributed by atoms with Gasteiger partial charge in [0.1, 0.15) is 12.4 Å². The normalized spacial score (nSPS) is 16.7. The van der Waals surface area contributed by atoms with Crippen LogP contribution in [0.2, 0.25) is 0 Å². The second kappa shape index (κ2) is 9.16. The van der Waals surface area contributed by atoms with Gasteiger partial charge in [0.05, 0.1) is 0 Å². The number of piperidine rings is 1. The Morgan fingerprint density at radius 3 is 2.93 bits per heavy atom. The first kappa shape index (κ1) is 18.9. The highest BCUT2D eigenvalue weighted by Crippen LogP contribution is 2.23. The molecule has 1 aromatic heterocycles. The molecule has 0 bridgehead atoms. The molecule has 1 aliphatic heterocycles. The summed E-state index contributed by atoms with van der Waals surface area (Å²) < 4.78 is 5.78. The summed E-state index contributed by atoms with van der Waals surface area (Å²) >= 11 is 0. The minimum atomic E-state index is -0.781. The Kier molecular flexibility index (Phi) is 6.41. The standard InChI is InChI=1S/C21H24N2O4/c24-20(25)9-8-16-5-3-11-23(14-16)21(26)18-6-1-7-19(12-18)27-15-17-4-2-10-22-13-17/h1-2,4,6-7,10,12-13,16H,3,5,8-9,11,14-15H2,(H,24,25). The number of aliphatic carboxylic acids is 1. The Labute approximate surface area is 158 Å². The van der Waals surface area contributed by atoms with Crippen LogP contribution in [0.15, 0.2) is 48.8 Å². The molecule has 1 N–H and O–H groups in total.